The van der Waals surface area contributed by atoms with Crippen molar-refractivity contribution in [2.24, 2.45) is 0 Å². The lowest BCUT2D eigenvalue weighted by Crippen LogP contribution is -2.70. The maximum absolute atomic E-state index is 7.60. The second-order valence-corrected chi connectivity index (χ2v) is 17.6. The van der Waals surface area contributed by atoms with E-state index in [1.165, 1.54) is 10.4 Å². The van der Waals surface area contributed by atoms with E-state index in [4.69, 9.17) is 8.85 Å². The van der Waals surface area contributed by atoms with Crippen LogP contribution in [0.1, 0.15) is 81.1 Å². The molecule has 5 heteroatoms. The molecule has 2 heterocycles. The molecule has 0 aliphatic carbocycles. The van der Waals surface area contributed by atoms with Crippen LogP contribution in [0.15, 0.2) is 86.0 Å². The third-order valence-corrected chi connectivity index (χ3v) is 12.9. The van der Waals surface area contributed by atoms with Crippen LogP contribution in [0.4, 0.5) is 0 Å². The van der Waals surface area contributed by atoms with Gasteiger partial charge < -0.3 is 8.85 Å². The van der Waals surface area contributed by atoms with Crippen LogP contribution in [0.2, 0.25) is 0 Å². The van der Waals surface area contributed by atoms with Crippen molar-refractivity contribution in [3.63, 3.8) is 0 Å². The van der Waals surface area contributed by atoms with Gasteiger partial charge in [-0.2, -0.15) is 0 Å². The third kappa shape index (κ3) is 6.65. The van der Waals surface area contributed by atoms with E-state index < -0.39 is 8.56 Å². The summed E-state index contributed by atoms with van der Waals surface area (Å²) in [5.74, 6) is 0. The van der Waals surface area contributed by atoms with Crippen LogP contribution < -0.4 is 10.4 Å². The molecule has 2 fully saturated rings. The van der Waals surface area contributed by atoms with Crippen molar-refractivity contribution in [1.82, 2.24) is 9.80 Å². The van der Waals surface area contributed by atoms with Crippen LogP contribution in [0.3, 0.4) is 0 Å². The Balaban J connectivity index is 1.80. The Labute approximate surface area is 251 Å². The average molecular weight is 575 g/mol. The van der Waals surface area contributed by atoms with Gasteiger partial charge >= 0.3 is 8.56 Å². The van der Waals surface area contributed by atoms with Crippen LogP contribution in [0.25, 0.3) is 0 Å². The third-order valence-electron chi connectivity index (χ3n) is 9.43. The summed E-state index contributed by atoms with van der Waals surface area (Å²) in [6.07, 6.45) is 7.96. The number of piperidine rings is 2. The summed E-state index contributed by atoms with van der Waals surface area (Å²) in [4.78, 5) is 5.17. The lowest BCUT2D eigenvalue weighted by atomic mass is 9.78. The molecule has 2 aromatic rings. The van der Waals surface area contributed by atoms with Gasteiger partial charge in [-0.3, -0.25) is 9.80 Å². The van der Waals surface area contributed by atoms with Crippen molar-refractivity contribution in [2.75, 3.05) is 13.1 Å². The zero-order valence-electron chi connectivity index (χ0n) is 27.0. The SMILES string of the molecule is C=CCN1C(C)(C)CC(O[Si](OC2CC(C)(C)N(CC=C)C(C)(C)C2)(c2ccccc2)c2ccccc2)CC1(C)C. The van der Waals surface area contributed by atoms with Crippen molar-refractivity contribution >= 4 is 18.9 Å². The Hall–Kier alpha value is -2.02. The quantitative estimate of drug-likeness (QED) is 0.233. The number of benzene rings is 2. The van der Waals surface area contributed by atoms with Crippen LogP contribution in [-0.4, -0.2) is 65.8 Å². The summed E-state index contributed by atoms with van der Waals surface area (Å²) in [5, 5.41) is 2.36. The molecule has 0 atom stereocenters. The van der Waals surface area contributed by atoms with E-state index >= 15 is 0 Å². The highest BCUT2D eigenvalue weighted by molar-refractivity contribution is 6.92. The first-order chi connectivity index (χ1) is 19.2. The van der Waals surface area contributed by atoms with E-state index in [0.717, 1.165) is 38.8 Å². The second-order valence-electron chi connectivity index (χ2n) is 14.7. The molecule has 224 valence electrons. The van der Waals surface area contributed by atoms with E-state index in [9.17, 15) is 0 Å². The van der Waals surface area contributed by atoms with E-state index in [2.05, 4.69) is 139 Å². The van der Waals surface area contributed by atoms with Crippen molar-refractivity contribution in [2.45, 2.75) is 115 Å². The number of hydrogen-bond donors (Lipinski definition) is 0. The first kappa shape index (κ1) is 31.9. The average Bonchev–Trinajstić information content (AvgIpc) is 2.88. The smallest absolute Gasteiger partial charge is 0.384 e. The van der Waals surface area contributed by atoms with E-state index in [1.807, 2.05) is 12.2 Å². The van der Waals surface area contributed by atoms with Crippen LogP contribution in [0.5, 0.6) is 0 Å². The predicted octanol–water partition coefficient (Wildman–Crippen LogP) is 6.69. The minimum Gasteiger partial charge on any atom is -0.384 e. The van der Waals surface area contributed by atoms with E-state index in [1.54, 1.807) is 0 Å². The highest BCUT2D eigenvalue weighted by Gasteiger charge is 2.54. The van der Waals surface area contributed by atoms with Crippen molar-refractivity contribution < 1.29 is 8.85 Å². The number of nitrogens with zero attached hydrogens (tertiary/aromatic N) is 2. The van der Waals surface area contributed by atoms with Gasteiger partial charge in [-0.05, 0) is 91.4 Å². The van der Waals surface area contributed by atoms with Gasteiger partial charge in [0.2, 0.25) is 0 Å². The predicted molar refractivity (Wildman–Crippen MR) is 176 cm³/mol. The van der Waals surface area contributed by atoms with Crippen LogP contribution in [-0.2, 0) is 8.85 Å². The van der Waals surface area contributed by atoms with Crippen molar-refractivity contribution in [1.29, 1.82) is 0 Å². The lowest BCUT2D eigenvalue weighted by molar-refractivity contribution is -0.0901. The van der Waals surface area contributed by atoms with Gasteiger partial charge in [0.1, 0.15) is 0 Å². The standard InChI is InChI=1S/C36H54N2O2Si/c1-11-23-37-33(3,4)25-29(26-34(37,5)6)39-41(31-19-15-13-16-20-31,32-21-17-14-18-22-32)40-30-27-35(7,8)38(24-12-2)36(9,10)28-30/h11-22,29-30H,1-2,23-28H2,3-10H3. The van der Waals surface area contributed by atoms with Gasteiger partial charge in [0.05, 0.1) is 12.2 Å². The molecule has 0 saturated carbocycles. The molecule has 0 bridgehead atoms. The molecular formula is C36H54N2O2Si. The topological polar surface area (TPSA) is 24.9 Å². The fourth-order valence-corrected chi connectivity index (χ4v) is 11.6. The summed E-state index contributed by atoms with van der Waals surface area (Å²) in [7, 11) is -3.13. The van der Waals surface area contributed by atoms with Gasteiger partial charge in [-0.1, -0.05) is 72.8 Å². The van der Waals surface area contributed by atoms with Gasteiger partial charge in [0, 0.05) is 35.2 Å². The molecule has 0 aromatic heterocycles. The Morgan fingerprint density at radius 3 is 1.17 bits per heavy atom. The molecule has 0 N–H and O–H groups in total. The first-order valence-electron chi connectivity index (χ1n) is 15.4. The molecule has 0 amide bonds. The summed E-state index contributed by atoms with van der Waals surface area (Å²) in [5.41, 5.74) is -0.134. The Kier molecular flexibility index (Phi) is 9.28. The molecule has 2 saturated heterocycles. The molecule has 2 aliphatic rings. The summed E-state index contributed by atoms with van der Waals surface area (Å²) < 4.78 is 15.2. The maximum atomic E-state index is 7.60. The van der Waals surface area contributed by atoms with E-state index in [0.29, 0.717) is 0 Å². The Morgan fingerprint density at radius 1 is 0.610 bits per heavy atom. The van der Waals surface area contributed by atoms with Gasteiger partial charge in [0.25, 0.3) is 0 Å². The van der Waals surface area contributed by atoms with Crippen molar-refractivity contribution in [3.05, 3.63) is 86.0 Å². The number of likely N-dealkylation sites (tertiary alicyclic amines) is 2. The highest BCUT2D eigenvalue weighted by atomic mass is 28.4. The van der Waals surface area contributed by atoms with Gasteiger partial charge in [-0.15, -0.1) is 13.2 Å². The fraction of sp³-hybridized carbons (Fsp3) is 0.556. The normalized spacial score (nSPS) is 23.2. The molecule has 0 spiro atoms. The molecule has 4 rings (SSSR count). The molecule has 41 heavy (non-hydrogen) atoms. The molecule has 2 aromatic carbocycles. The second kappa shape index (κ2) is 11.9. The highest BCUT2D eigenvalue weighted by Crippen LogP contribution is 2.43. The first-order valence-corrected chi connectivity index (χ1v) is 17.2. The monoisotopic (exact) mass is 574 g/mol. The van der Waals surface area contributed by atoms with Crippen LogP contribution in [0, 0.1) is 0 Å². The molecule has 4 nitrogen and oxygen atoms in total. The van der Waals surface area contributed by atoms with Crippen LogP contribution >= 0.6 is 0 Å². The minimum atomic E-state index is -3.13. The largest absolute Gasteiger partial charge is 0.407 e. The van der Waals surface area contributed by atoms with Gasteiger partial charge in [0.15, 0.2) is 0 Å². The summed E-state index contributed by atoms with van der Waals surface area (Å²) >= 11 is 0. The number of rotatable bonds is 10. The number of hydrogen-bond acceptors (Lipinski definition) is 4. The van der Waals surface area contributed by atoms with E-state index in [-0.39, 0.29) is 34.4 Å². The van der Waals surface area contributed by atoms with Gasteiger partial charge in [-0.25, -0.2) is 0 Å². The van der Waals surface area contributed by atoms with Crippen molar-refractivity contribution in [3.8, 4) is 0 Å². The fourth-order valence-electron chi connectivity index (χ4n) is 8.12. The molecule has 0 radical (unpaired) electrons. The Morgan fingerprint density at radius 2 is 0.902 bits per heavy atom. The molecular weight excluding hydrogens is 520 g/mol. The molecule has 0 unspecified atom stereocenters. The summed E-state index contributed by atoms with van der Waals surface area (Å²) in [6, 6.07) is 21.6. The molecule has 2 aliphatic heterocycles. The zero-order valence-corrected chi connectivity index (χ0v) is 28.0. The maximum Gasteiger partial charge on any atom is 0.407 e. The summed E-state index contributed by atoms with van der Waals surface area (Å²) in [6.45, 7) is 28.7. The zero-order chi connectivity index (χ0) is 30.1. The lowest BCUT2D eigenvalue weighted by Gasteiger charge is -2.57. The Bertz CT molecular complexity index is 1050. The minimum absolute atomic E-state index is 0.0336.